The van der Waals surface area contributed by atoms with Gasteiger partial charge < -0.3 is 26.0 Å². The maximum atomic E-state index is 13.4. The summed E-state index contributed by atoms with van der Waals surface area (Å²) in [5, 5.41) is 27.4. The SMILES string of the molecule is CNc1ccc(Cl)c(C(CO)NC(=O)C(C)N2Cc3ccc(-c4nc(Nc5cnn(C)n5)ncc4Cl)cc3C2=O)n1. The Hall–Kier alpha value is -4.33. The zero-order valence-electron chi connectivity index (χ0n) is 22.3. The van der Waals surface area contributed by atoms with Crippen molar-refractivity contribution in [1.29, 1.82) is 0 Å². The number of nitrogens with one attached hydrogen (secondary N) is 3. The van der Waals surface area contributed by atoms with Gasteiger partial charge in [0, 0.05) is 31.8 Å². The molecule has 4 N–H and O–H groups in total. The average molecular weight is 597 g/mol. The Balaban J connectivity index is 1.33. The molecule has 212 valence electrons. The van der Waals surface area contributed by atoms with Gasteiger partial charge >= 0.3 is 0 Å². The van der Waals surface area contributed by atoms with E-state index in [0.29, 0.717) is 44.2 Å². The molecule has 0 spiro atoms. The molecule has 15 heteroatoms. The molecule has 1 aromatic carbocycles. The highest BCUT2D eigenvalue weighted by atomic mass is 35.5. The Morgan fingerprint density at radius 1 is 1.12 bits per heavy atom. The van der Waals surface area contributed by atoms with E-state index in [0.717, 1.165) is 5.56 Å². The summed E-state index contributed by atoms with van der Waals surface area (Å²) in [6.07, 6.45) is 2.99. The van der Waals surface area contributed by atoms with Crippen LogP contribution in [0.4, 0.5) is 17.6 Å². The summed E-state index contributed by atoms with van der Waals surface area (Å²) in [5.74, 6) is 0.478. The predicted octanol–water partition coefficient (Wildman–Crippen LogP) is 2.95. The second kappa shape index (κ2) is 11.6. The average Bonchev–Trinajstić information content (AvgIpc) is 3.54. The van der Waals surface area contributed by atoms with Crippen LogP contribution < -0.4 is 16.0 Å². The van der Waals surface area contributed by atoms with E-state index in [-0.39, 0.29) is 18.4 Å². The van der Waals surface area contributed by atoms with Crippen LogP contribution in [-0.2, 0) is 18.4 Å². The first-order valence-electron chi connectivity index (χ1n) is 12.5. The molecule has 4 heterocycles. The second-order valence-electron chi connectivity index (χ2n) is 9.27. The maximum absolute atomic E-state index is 13.4. The van der Waals surface area contributed by atoms with Crippen LogP contribution in [0.1, 0.15) is 34.6 Å². The fourth-order valence-corrected chi connectivity index (χ4v) is 4.84. The van der Waals surface area contributed by atoms with Gasteiger partial charge in [0.1, 0.15) is 11.9 Å². The number of rotatable bonds is 9. The number of nitrogens with zero attached hydrogens (tertiary/aromatic N) is 7. The zero-order chi connectivity index (χ0) is 29.3. The fraction of sp³-hybridized carbons (Fsp3) is 0.269. The molecule has 0 radical (unpaired) electrons. The van der Waals surface area contributed by atoms with E-state index < -0.39 is 24.6 Å². The molecule has 0 fully saturated rings. The Morgan fingerprint density at radius 3 is 2.63 bits per heavy atom. The maximum Gasteiger partial charge on any atom is 0.255 e. The first kappa shape index (κ1) is 28.2. The number of fused-ring (bicyclic) bond motifs is 1. The third-order valence-electron chi connectivity index (χ3n) is 6.60. The smallest absolute Gasteiger partial charge is 0.255 e. The van der Waals surface area contributed by atoms with Gasteiger partial charge in [0.15, 0.2) is 5.82 Å². The van der Waals surface area contributed by atoms with Gasteiger partial charge in [-0.3, -0.25) is 9.59 Å². The number of aryl methyl sites for hydroxylation is 1. The molecule has 2 unspecified atom stereocenters. The van der Waals surface area contributed by atoms with Crippen molar-refractivity contribution in [2.24, 2.45) is 7.05 Å². The number of hydrogen-bond acceptors (Lipinski definition) is 10. The summed E-state index contributed by atoms with van der Waals surface area (Å²) < 4.78 is 0. The third-order valence-corrected chi connectivity index (χ3v) is 7.20. The number of anilines is 3. The highest BCUT2D eigenvalue weighted by molar-refractivity contribution is 6.33. The molecule has 2 atom stereocenters. The molecule has 0 saturated heterocycles. The second-order valence-corrected chi connectivity index (χ2v) is 10.1. The highest BCUT2D eigenvalue weighted by Gasteiger charge is 2.35. The van der Waals surface area contributed by atoms with Gasteiger partial charge in [-0.1, -0.05) is 35.3 Å². The Bertz CT molecular complexity index is 1630. The van der Waals surface area contributed by atoms with E-state index in [1.54, 1.807) is 39.2 Å². The number of aliphatic hydroxyl groups excluding tert-OH is 1. The lowest BCUT2D eigenvalue weighted by Gasteiger charge is -2.26. The Kier molecular flexibility index (Phi) is 8.01. The van der Waals surface area contributed by atoms with Crippen LogP contribution in [0.3, 0.4) is 0 Å². The first-order chi connectivity index (χ1) is 19.7. The van der Waals surface area contributed by atoms with E-state index in [2.05, 4.69) is 41.1 Å². The quantitative estimate of drug-likeness (QED) is 0.226. The van der Waals surface area contributed by atoms with E-state index in [1.165, 1.54) is 22.1 Å². The number of hydrogen-bond donors (Lipinski definition) is 4. The number of amides is 2. The summed E-state index contributed by atoms with van der Waals surface area (Å²) >= 11 is 12.7. The van der Waals surface area contributed by atoms with Crippen LogP contribution in [-0.4, -0.2) is 71.5 Å². The number of pyridine rings is 1. The van der Waals surface area contributed by atoms with Crippen LogP contribution in [0.2, 0.25) is 10.0 Å². The molecule has 13 nitrogen and oxygen atoms in total. The Morgan fingerprint density at radius 2 is 1.93 bits per heavy atom. The van der Waals surface area contributed by atoms with E-state index in [9.17, 15) is 14.7 Å². The minimum absolute atomic E-state index is 0.234. The molecule has 3 aromatic heterocycles. The largest absolute Gasteiger partial charge is 0.394 e. The summed E-state index contributed by atoms with van der Waals surface area (Å²) in [6.45, 7) is 1.43. The molecule has 41 heavy (non-hydrogen) atoms. The van der Waals surface area contributed by atoms with Gasteiger partial charge in [0.25, 0.3) is 5.91 Å². The molecule has 1 aliphatic heterocycles. The van der Waals surface area contributed by atoms with Crippen molar-refractivity contribution < 1.29 is 14.7 Å². The van der Waals surface area contributed by atoms with Crippen molar-refractivity contribution in [3.63, 3.8) is 0 Å². The van der Waals surface area contributed by atoms with E-state index in [4.69, 9.17) is 23.2 Å². The summed E-state index contributed by atoms with van der Waals surface area (Å²) in [4.78, 5) is 42.6. The molecule has 0 saturated carbocycles. The summed E-state index contributed by atoms with van der Waals surface area (Å²) in [6, 6.07) is 6.93. The highest BCUT2D eigenvalue weighted by Crippen LogP contribution is 2.33. The predicted molar refractivity (Wildman–Crippen MR) is 153 cm³/mol. The van der Waals surface area contributed by atoms with Gasteiger partial charge in [-0.15, -0.1) is 5.10 Å². The normalized spacial score (nSPS) is 14.0. The number of carbonyl (C=O) groups excluding carboxylic acids is 2. The Labute approximate surface area is 244 Å². The lowest BCUT2D eigenvalue weighted by atomic mass is 10.0. The van der Waals surface area contributed by atoms with E-state index >= 15 is 0 Å². The van der Waals surface area contributed by atoms with Gasteiger partial charge in [0.2, 0.25) is 11.9 Å². The van der Waals surface area contributed by atoms with Crippen LogP contribution in [0.5, 0.6) is 0 Å². The van der Waals surface area contributed by atoms with Crippen molar-refractivity contribution in [3.8, 4) is 11.3 Å². The molecule has 0 aliphatic carbocycles. The lowest BCUT2D eigenvalue weighted by Crippen LogP contribution is -2.47. The molecule has 1 aliphatic rings. The molecule has 4 aromatic rings. The number of carbonyl (C=O) groups is 2. The van der Waals surface area contributed by atoms with Crippen molar-refractivity contribution in [1.82, 2.24) is 40.2 Å². The van der Waals surface area contributed by atoms with Crippen molar-refractivity contribution in [3.05, 3.63) is 69.6 Å². The number of benzene rings is 1. The van der Waals surface area contributed by atoms with Gasteiger partial charge in [0.05, 0.1) is 46.5 Å². The van der Waals surface area contributed by atoms with Crippen molar-refractivity contribution >= 4 is 52.6 Å². The van der Waals surface area contributed by atoms with E-state index in [1.807, 2.05) is 12.1 Å². The van der Waals surface area contributed by atoms with Crippen molar-refractivity contribution in [2.45, 2.75) is 25.6 Å². The van der Waals surface area contributed by atoms with Crippen LogP contribution >= 0.6 is 23.2 Å². The molecule has 5 rings (SSSR count). The lowest BCUT2D eigenvalue weighted by molar-refractivity contribution is -0.126. The zero-order valence-corrected chi connectivity index (χ0v) is 23.8. The molecular formula is C26H26Cl2N10O3. The van der Waals surface area contributed by atoms with Gasteiger partial charge in [-0.2, -0.15) is 9.90 Å². The van der Waals surface area contributed by atoms with Crippen LogP contribution in [0.15, 0.2) is 42.7 Å². The van der Waals surface area contributed by atoms with Crippen molar-refractivity contribution in [2.75, 3.05) is 24.3 Å². The summed E-state index contributed by atoms with van der Waals surface area (Å²) in [7, 11) is 3.39. The van der Waals surface area contributed by atoms with Crippen LogP contribution in [0, 0.1) is 0 Å². The fourth-order valence-electron chi connectivity index (χ4n) is 4.41. The summed E-state index contributed by atoms with van der Waals surface area (Å²) in [5.41, 5.74) is 2.54. The van der Waals surface area contributed by atoms with Gasteiger partial charge in [-0.25, -0.2) is 15.0 Å². The molecular weight excluding hydrogens is 571 g/mol. The first-order valence-corrected chi connectivity index (χ1v) is 13.3. The van der Waals surface area contributed by atoms with Gasteiger partial charge in [-0.05, 0) is 30.7 Å². The third kappa shape index (κ3) is 5.78. The minimum Gasteiger partial charge on any atom is -0.394 e. The monoisotopic (exact) mass is 596 g/mol. The number of halogens is 2. The molecule has 0 bridgehead atoms. The topological polar surface area (TPSA) is 163 Å². The minimum atomic E-state index is -0.859. The number of aromatic nitrogens is 6. The number of aliphatic hydroxyl groups is 1. The standard InChI is InChI=1S/C26H26Cl2N10O3/c1-13(24(40)32-19(12-39)23-17(27)6-7-20(29-2)33-23)38-11-15-5-4-14(8-16(15)25(38)41)22-18(28)9-30-26(35-22)34-21-10-31-37(3)36-21/h4-10,13,19,39H,11-12H2,1-3H3,(H,29,33)(H,32,40)(H,30,34,35,36). The molecule has 2 amide bonds. The van der Waals surface area contributed by atoms with Crippen LogP contribution in [0.25, 0.3) is 11.3 Å².